The van der Waals surface area contributed by atoms with Crippen LogP contribution in [0.3, 0.4) is 0 Å². The van der Waals surface area contributed by atoms with E-state index in [1.807, 2.05) is 38.4 Å². The number of halogens is 1. The number of imide groups is 1. The van der Waals surface area contributed by atoms with Crippen LogP contribution in [0.1, 0.15) is 69.4 Å². The number of hydrogen-bond acceptors (Lipinski definition) is 6. The van der Waals surface area contributed by atoms with Gasteiger partial charge in [-0.1, -0.05) is 36.4 Å². The lowest BCUT2D eigenvalue weighted by molar-refractivity contribution is -0.137. The first kappa shape index (κ1) is 32.4. The van der Waals surface area contributed by atoms with Crippen molar-refractivity contribution in [3.63, 3.8) is 0 Å². The minimum absolute atomic E-state index is 0. The smallest absolute Gasteiger partial charge is 0.255 e. The van der Waals surface area contributed by atoms with Crippen LogP contribution >= 0.6 is 12.4 Å². The van der Waals surface area contributed by atoms with Crippen LogP contribution in [0, 0.1) is 0 Å². The van der Waals surface area contributed by atoms with Crippen molar-refractivity contribution in [3.8, 4) is 0 Å². The van der Waals surface area contributed by atoms with Crippen LogP contribution in [-0.4, -0.2) is 59.5 Å². The van der Waals surface area contributed by atoms with Gasteiger partial charge in [-0.2, -0.15) is 0 Å². The average molecular weight is 656 g/mol. The molecule has 10 nitrogen and oxygen atoms in total. The Morgan fingerprint density at radius 3 is 1.72 bits per heavy atom. The molecule has 7 rings (SSSR count). The number of carbonyl (C=O) groups excluding carboxylic acids is 5. The number of nitrogens with zero attached hydrogens (tertiary/aromatic N) is 4. The number of benzene rings is 3. The molecule has 1 unspecified atom stereocenters. The van der Waals surface area contributed by atoms with E-state index in [0.29, 0.717) is 51.0 Å². The zero-order chi connectivity index (χ0) is 32.1. The van der Waals surface area contributed by atoms with Crippen molar-refractivity contribution in [2.45, 2.75) is 70.7 Å². The van der Waals surface area contributed by atoms with E-state index in [2.05, 4.69) is 40.5 Å². The highest BCUT2D eigenvalue weighted by Gasteiger charge is 2.39. The van der Waals surface area contributed by atoms with E-state index in [1.54, 1.807) is 14.7 Å². The highest BCUT2D eigenvalue weighted by molar-refractivity contribution is 6.05. The maximum absolute atomic E-state index is 13.3. The first-order valence-electron chi connectivity index (χ1n) is 15.9. The zero-order valence-electron chi connectivity index (χ0n) is 26.6. The summed E-state index contributed by atoms with van der Waals surface area (Å²) in [4.78, 5) is 69.4. The highest BCUT2D eigenvalue weighted by atomic mass is 35.5. The molecule has 0 bridgehead atoms. The van der Waals surface area contributed by atoms with Gasteiger partial charge in [0.25, 0.3) is 5.91 Å². The van der Waals surface area contributed by atoms with Crippen molar-refractivity contribution in [1.29, 1.82) is 0 Å². The van der Waals surface area contributed by atoms with Gasteiger partial charge < -0.3 is 14.7 Å². The number of piperidine rings is 1. The third-order valence-electron chi connectivity index (χ3n) is 9.78. The Morgan fingerprint density at radius 2 is 1.19 bits per heavy atom. The van der Waals surface area contributed by atoms with Gasteiger partial charge in [0.05, 0.1) is 0 Å². The van der Waals surface area contributed by atoms with Gasteiger partial charge in [0.15, 0.2) is 0 Å². The van der Waals surface area contributed by atoms with Crippen molar-refractivity contribution < 1.29 is 24.0 Å². The number of amides is 5. The van der Waals surface area contributed by atoms with Crippen LogP contribution in [0.2, 0.25) is 0 Å². The number of fused-ring (bicyclic) bond motifs is 3. The SMILES string of the molecule is CN1C(=O)CCc2cc(CN(Cc3ccc4c(c3)CN(C3CCC(=O)NC3=O)C4=O)Cc3ccc4c(c3)CCC(=O)N4C)ccc21.Cl. The summed E-state index contributed by atoms with van der Waals surface area (Å²) in [5, 5.41) is 2.37. The fourth-order valence-electron chi connectivity index (χ4n) is 7.29. The standard InChI is InChI=1S/C36H37N5O5.ClH/c1-38-29-9-4-23(15-25(29)6-13-33(38)43)19-40(20-24-5-10-30-26(16-24)7-14-34(44)39(30)2)18-22-3-8-28-27(17-22)21-41(36(28)46)31-11-12-32(42)37-35(31)45;/h3-5,8-10,15-17,31H,6-7,11-14,18-21H2,1-2H3,(H,37,42,45);1H. The summed E-state index contributed by atoms with van der Waals surface area (Å²) in [5.41, 5.74) is 9.12. The van der Waals surface area contributed by atoms with Gasteiger partial charge in [0, 0.05) is 76.5 Å². The number of rotatable bonds is 7. The molecule has 4 aliphatic heterocycles. The van der Waals surface area contributed by atoms with E-state index in [9.17, 15) is 24.0 Å². The summed E-state index contributed by atoms with van der Waals surface area (Å²) in [6.07, 6.45) is 3.03. The van der Waals surface area contributed by atoms with Crippen LogP contribution < -0.4 is 15.1 Å². The summed E-state index contributed by atoms with van der Waals surface area (Å²) in [5.74, 6) is -0.625. The lowest BCUT2D eigenvalue weighted by Crippen LogP contribution is -2.52. The second-order valence-electron chi connectivity index (χ2n) is 12.9. The third kappa shape index (κ3) is 6.27. The monoisotopic (exact) mass is 655 g/mol. The molecule has 4 heterocycles. The molecule has 1 atom stereocenters. The van der Waals surface area contributed by atoms with E-state index in [4.69, 9.17) is 0 Å². The van der Waals surface area contributed by atoms with E-state index in [0.717, 1.165) is 46.5 Å². The van der Waals surface area contributed by atoms with Gasteiger partial charge in [-0.05, 0) is 70.8 Å². The van der Waals surface area contributed by atoms with Crippen LogP contribution in [0.15, 0.2) is 54.6 Å². The summed E-state index contributed by atoms with van der Waals surface area (Å²) < 4.78 is 0. The molecular formula is C36H38ClN5O5. The van der Waals surface area contributed by atoms with Gasteiger partial charge in [-0.15, -0.1) is 12.4 Å². The Balaban J connectivity index is 0.00000386. The Bertz CT molecular complexity index is 1730. The molecule has 11 heteroatoms. The predicted molar refractivity (Wildman–Crippen MR) is 179 cm³/mol. The normalized spacial score (nSPS) is 19.0. The van der Waals surface area contributed by atoms with Crippen LogP contribution in [0.4, 0.5) is 11.4 Å². The van der Waals surface area contributed by atoms with Gasteiger partial charge in [0.2, 0.25) is 23.6 Å². The molecule has 5 amide bonds. The molecule has 0 aromatic heterocycles. The van der Waals surface area contributed by atoms with Gasteiger partial charge in [-0.25, -0.2) is 0 Å². The number of anilines is 2. The van der Waals surface area contributed by atoms with E-state index in [-0.39, 0.29) is 42.5 Å². The number of carbonyl (C=O) groups is 5. The Hall–Kier alpha value is -4.54. The molecular weight excluding hydrogens is 618 g/mol. The van der Waals surface area contributed by atoms with Crippen molar-refractivity contribution in [3.05, 3.63) is 93.5 Å². The zero-order valence-corrected chi connectivity index (χ0v) is 27.4. The lowest BCUT2D eigenvalue weighted by atomic mass is 9.98. The molecule has 1 fully saturated rings. The van der Waals surface area contributed by atoms with E-state index in [1.165, 1.54) is 11.1 Å². The molecule has 1 N–H and O–H groups in total. The first-order chi connectivity index (χ1) is 22.1. The molecule has 0 spiro atoms. The summed E-state index contributed by atoms with van der Waals surface area (Å²) in [6.45, 7) is 2.32. The Kier molecular flexibility index (Phi) is 8.91. The molecule has 1 saturated heterocycles. The van der Waals surface area contributed by atoms with Gasteiger partial charge in [0.1, 0.15) is 6.04 Å². The molecule has 3 aromatic rings. The fraction of sp³-hybridized carbons (Fsp3) is 0.361. The molecule has 0 radical (unpaired) electrons. The topological polar surface area (TPSA) is 110 Å². The van der Waals surface area contributed by atoms with Crippen LogP contribution in [0.5, 0.6) is 0 Å². The maximum atomic E-state index is 13.3. The van der Waals surface area contributed by atoms with Crippen LogP contribution in [0.25, 0.3) is 0 Å². The van der Waals surface area contributed by atoms with E-state index < -0.39 is 11.9 Å². The average Bonchev–Trinajstić information content (AvgIpc) is 3.36. The summed E-state index contributed by atoms with van der Waals surface area (Å²) in [7, 11) is 3.65. The van der Waals surface area contributed by atoms with Crippen molar-refractivity contribution in [2.75, 3.05) is 23.9 Å². The van der Waals surface area contributed by atoms with Crippen molar-refractivity contribution >= 4 is 53.3 Å². The summed E-state index contributed by atoms with van der Waals surface area (Å²) in [6, 6.07) is 17.9. The molecule has 4 aliphatic rings. The predicted octanol–water partition coefficient (Wildman–Crippen LogP) is 3.89. The van der Waals surface area contributed by atoms with Crippen molar-refractivity contribution in [1.82, 2.24) is 15.1 Å². The quantitative estimate of drug-likeness (QED) is 0.387. The highest BCUT2D eigenvalue weighted by Crippen LogP contribution is 2.32. The lowest BCUT2D eigenvalue weighted by Gasteiger charge is -2.29. The second-order valence-corrected chi connectivity index (χ2v) is 12.9. The van der Waals surface area contributed by atoms with E-state index >= 15 is 0 Å². The molecule has 0 aliphatic carbocycles. The maximum Gasteiger partial charge on any atom is 0.255 e. The Morgan fingerprint density at radius 1 is 0.681 bits per heavy atom. The Labute approximate surface area is 280 Å². The molecule has 244 valence electrons. The summed E-state index contributed by atoms with van der Waals surface area (Å²) >= 11 is 0. The van der Waals surface area contributed by atoms with Crippen LogP contribution in [-0.2, 0) is 58.2 Å². The molecule has 47 heavy (non-hydrogen) atoms. The molecule has 3 aromatic carbocycles. The minimum Gasteiger partial charge on any atom is -0.322 e. The minimum atomic E-state index is -0.644. The second kappa shape index (κ2) is 12.9. The number of aryl methyl sites for hydroxylation is 2. The third-order valence-corrected chi connectivity index (χ3v) is 9.78. The number of nitrogens with one attached hydrogen (secondary N) is 1. The first-order valence-corrected chi connectivity index (χ1v) is 15.9. The molecule has 0 saturated carbocycles. The van der Waals surface area contributed by atoms with Gasteiger partial charge >= 0.3 is 0 Å². The van der Waals surface area contributed by atoms with Gasteiger partial charge in [-0.3, -0.25) is 34.2 Å². The fourth-order valence-corrected chi connectivity index (χ4v) is 7.29. The van der Waals surface area contributed by atoms with Crippen molar-refractivity contribution in [2.24, 2.45) is 0 Å². The largest absolute Gasteiger partial charge is 0.322 e. The number of hydrogen-bond donors (Lipinski definition) is 1.